The Bertz CT molecular complexity index is 552. The summed E-state index contributed by atoms with van der Waals surface area (Å²) in [6.45, 7) is 3.49. The molecule has 0 saturated carbocycles. The smallest absolute Gasteiger partial charge is 0.144 e. The van der Waals surface area contributed by atoms with E-state index in [0.29, 0.717) is 12.3 Å². The van der Waals surface area contributed by atoms with Gasteiger partial charge in [0.25, 0.3) is 0 Å². The van der Waals surface area contributed by atoms with E-state index in [2.05, 4.69) is 22.4 Å². The van der Waals surface area contributed by atoms with E-state index in [1.165, 1.54) is 0 Å². The Balaban J connectivity index is 1.94. The molecule has 1 aromatic carbocycles. The van der Waals surface area contributed by atoms with E-state index in [0.717, 1.165) is 36.6 Å². The molecule has 0 saturated heterocycles. The van der Waals surface area contributed by atoms with Crippen molar-refractivity contribution in [3.63, 3.8) is 0 Å². The fourth-order valence-corrected chi connectivity index (χ4v) is 1.88. The van der Waals surface area contributed by atoms with Crippen molar-refractivity contribution in [3.05, 3.63) is 30.4 Å². The maximum absolute atomic E-state index is 6.09. The van der Waals surface area contributed by atoms with Crippen LogP contribution in [0.4, 0.5) is 11.4 Å². The highest BCUT2D eigenvalue weighted by molar-refractivity contribution is 5.72. The quantitative estimate of drug-likeness (QED) is 0.754. The van der Waals surface area contributed by atoms with Crippen LogP contribution in [0, 0.1) is 0 Å². The first-order valence-corrected chi connectivity index (χ1v) is 6.80. The van der Waals surface area contributed by atoms with Gasteiger partial charge in [-0.1, -0.05) is 13.0 Å². The molecule has 0 aliphatic heterocycles. The summed E-state index contributed by atoms with van der Waals surface area (Å²) < 4.78 is 7.52. The molecule has 6 nitrogen and oxygen atoms in total. The molecule has 108 valence electrons. The van der Waals surface area contributed by atoms with Crippen LogP contribution in [0.25, 0.3) is 0 Å². The largest absolute Gasteiger partial charge is 0.491 e. The highest BCUT2D eigenvalue weighted by atomic mass is 16.5. The molecule has 3 N–H and O–H groups in total. The normalized spacial score (nSPS) is 10.5. The number of nitrogens with one attached hydrogen (secondary N) is 1. The van der Waals surface area contributed by atoms with Crippen LogP contribution in [-0.4, -0.2) is 27.9 Å². The number of nitrogens with zero attached hydrogens (tertiary/aromatic N) is 3. The van der Waals surface area contributed by atoms with E-state index in [4.69, 9.17) is 10.5 Å². The Kier molecular flexibility index (Phi) is 4.81. The van der Waals surface area contributed by atoms with Crippen molar-refractivity contribution in [1.29, 1.82) is 0 Å². The number of para-hydroxylation sites is 1. The van der Waals surface area contributed by atoms with Gasteiger partial charge in [-0.25, -0.2) is 0 Å². The average Bonchev–Trinajstić information content (AvgIpc) is 2.85. The standard InChI is InChI=1S/C14H21N5O/c1-3-9-20-12-6-4-5-11(14(12)15)16-8-7-13-18-17-10-19(13)2/h4-6,10,16H,3,7-9,15H2,1-2H3. The second kappa shape index (κ2) is 6.79. The van der Waals surface area contributed by atoms with Gasteiger partial charge in [0, 0.05) is 20.0 Å². The highest BCUT2D eigenvalue weighted by Crippen LogP contribution is 2.29. The van der Waals surface area contributed by atoms with Crippen molar-refractivity contribution in [2.45, 2.75) is 19.8 Å². The lowest BCUT2D eigenvalue weighted by molar-refractivity contribution is 0.319. The third-order valence-electron chi connectivity index (χ3n) is 3.00. The minimum atomic E-state index is 0.652. The van der Waals surface area contributed by atoms with Gasteiger partial charge in [0.1, 0.15) is 17.9 Å². The Morgan fingerprint density at radius 1 is 1.40 bits per heavy atom. The lowest BCUT2D eigenvalue weighted by Crippen LogP contribution is -2.10. The van der Waals surface area contributed by atoms with Gasteiger partial charge in [-0.2, -0.15) is 0 Å². The van der Waals surface area contributed by atoms with Crippen LogP contribution >= 0.6 is 0 Å². The number of aryl methyl sites for hydroxylation is 1. The van der Waals surface area contributed by atoms with Crippen molar-refractivity contribution in [3.8, 4) is 5.75 Å². The first kappa shape index (κ1) is 14.2. The van der Waals surface area contributed by atoms with Gasteiger partial charge in [-0.05, 0) is 18.6 Å². The summed E-state index contributed by atoms with van der Waals surface area (Å²) in [5.41, 5.74) is 7.63. The first-order chi connectivity index (χ1) is 9.72. The predicted octanol–water partition coefficient (Wildman–Crippen LogP) is 1.84. The Morgan fingerprint density at radius 3 is 2.95 bits per heavy atom. The van der Waals surface area contributed by atoms with Crippen molar-refractivity contribution >= 4 is 11.4 Å². The maximum Gasteiger partial charge on any atom is 0.144 e. The number of hydrogen-bond donors (Lipinski definition) is 2. The van der Waals surface area contributed by atoms with Gasteiger partial charge in [0.15, 0.2) is 0 Å². The summed E-state index contributed by atoms with van der Waals surface area (Å²) in [4.78, 5) is 0. The maximum atomic E-state index is 6.09. The number of hydrogen-bond acceptors (Lipinski definition) is 5. The molecule has 1 aromatic heterocycles. The predicted molar refractivity (Wildman–Crippen MR) is 79.8 cm³/mol. The van der Waals surface area contributed by atoms with Crippen LogP contribution in [0.5, 0.6) is 5.75 Å². The molecule has 0 radical (unpaired) electrons. The molecule has 0 atom stereocenters. The minimum Gasteiger partial charge on any atom is -0.491 e. The molecule has 0 aliphatic rings. The lowest BCUT2D eigenvalue weighted by atomic mass is 10.2. The number of aromatic nitrogens is 3. The molecule has 0 aliphatic carbocycles. The molecular weight excluding hydrogens is 254 g/mol. The second-order valence-corrected chi connectivity index (χ2v) is 4.60. The summed E-state index contributed by atoms with van der Waals surface area (Å²) in [5.74, 6) is 1.67. The topological polar surface area (TPSA) is 78.0 Å². The molecule has 1 heterocycles. The summed E-state index contributed by atoms with van der Waals surface area (Å²) in [6.07, 6.45) is 3.45. The molecular formula is C14H21N5O. The molecule has 2 aromatic rings. The highest BCUT2D eigenvalue weighted by Gasteiger charge is 2.06. The zero-order valence-electron chi connectivity index (χ0n) is 12.0. The van der Waals surface area contributed by atoms with Gasteiger partial charge in [0.2, 0.25) is 0 Å². The van der Waals surface area contributed by atoms with Crippen LogP contribution in [0.1, 0.15) is 19.2 Å². The molecule has 6 heteroatoms. The summed E-state index contributed by atoms with van der Waals surface area (Å²) in [6, 6.07) is 5.77. The number of rotatable bonds is 7. The number of benzene rings is 1. The van der Waals surface area contributed by atoms with Gasteiger partial charge < -0.3 is 20.4 Å². The lowest BCUT2D eigenvalue weighted by Gasteiger charge is -2.13. The molecule has 0 spiro atoms. The molecule has 0 bridgehead atoms. The van der Waals surface area contributed by atoms with Crippen LogP contribution < -0.4 is 15.8 Å². The van der Waals surface area contributed by atoms with Gasteiger partial charge in [-0.15, -0.1) is 10.2 Å². The SMILES string of the molecule is CCCOc1cccc(NCCc2nncn2C)c1N. The van der Waals surface area contributed by atoms with Crippen LogP contribution in [0.2, 0.25) is 0 Å². The Labute approximate surface area is 119 Å². The Hall–Kier alpha value is -2.24. The van der Waals surface area contributed by atoms with Crippen molar-refractivity contribution in [2.75, 3.05) is 24.2 Å². The van der Waals surface area contributed by atoms with Crippen LogP contribution in [0.15, 0.2) is 24.5 Å². The zero-order valence-corrected chi connectivity index (χ0v) is 12.0. The van der Waals surface area contributed by atoms with Gasteiger partial charge in [-0.3, -0.25) is 0 Å². The van der Waals surface area contributed by atoms with Crippen molar-refractivity contribution < 1.29 is 4.74 Å². The number of nitrogens with two attached hydrogens (primary N) is 1. The third-order valence-corrected chi connectivity index (χ3v) is 3.00. The van der Waals surface area contributed by atoms with Gasteiger partial charge in [0.05, 0.1) is 18.0 Å². The van der Waals surface area contributed by atoms with E-state index in [9.17, 15) is 0 Å². The average molecular weight is 275 g/mol. The van der Waals surface area contributed by atoms with E-state index in [-0.39, 0.29) is 0 Å². The molecule has 0 unspecified atom stereocenters. The van der Waals surface area contributed by atoms with E-state index < -0.39 is 0 Å². The van der Waals surface area contributed by atoms with Gasteiger partial charge >= 0.3 is 0 Å². The fraction of sp³-hybridized carbons (Fsp3) is 0.429. The number of ether oxygens (including phenoxy) is 1. The first-order valence-electron chi connectivity index (χ1n) is 6.80. The second-order valence-electron chi connectivity index (χ2n) is 4.60. The van der Waals surface area contributed by atoms with E-state index in [1.807, 2.05) is 29.8 Å². The summed E-state index contributed by atoms with van der Waals surface area (Å²) >= 11 is 0. The molecule has 0 amide bonds. The number of nitrogen functional groups attached to an aromatic ring is 1. The van der Waals surface area contributed by atoms with Crippen LogP contribution in [-0.2, 0) is 13.5 Å². The number of anilines is 2. The summed E-state index contributed by atoms with van der Waals surface area (Å²) in [7, 11) is 1.93. The summed E-state index contributed by atoms with van der Waals surface area (Å²) in [5, 5.41) is 11.2. The van der Waals surface area contributed by atoms with Crippen molar-refractivity contribution in [1.82, 2.24) is 14.8 Å². The monoisotopic (exact) mass is 275 g/mol. The molecule has 2 rings (SSSR count). The van der Waals surface area contributed by atoms with Crippen molar-refractivity contribution in [2.24, 2.45) is 7.05 Å². The third kappa shape index (κ3) is 3.40. The fourth-order valence-electron chi connectivity index (χ4n) is 1.88. The minimum absolute atomic E-state index is 0.652. The van der Waals surface area contributed by atoms with Crippen LogP contribution in [0.3, 0.4) is 0 Å². The Morgan fingerprint density at radius 2 is 2.25 bits per heavy atom. The van der Waals surface area contributed by atoms with E-state index >= 15 is 0 Å². The van der Waals surface area contributed by atoms with E-state index in [1.54, 1.807) is 6.33 Å². The molecule has 0 fully saturated rings. The molecule has 20 heavy (non-hydrogen) atoms. The zero-order chi connectivity index (χ0) is 14.4.